The first kappa shape index (κ1) is 16.8. The van der Waals surface area contributed by atoms with E-state index in [0.29, 0.717) is 24.7 Å². The Kier molecular flexibility index (Phi) is 4.33. The zero-order chi connectivity index (χ0) is 18.8. The van der Waals surface area contributed by atoms with Gasteiger partial charge in [0, 0.05) is 37.7 Å². The van der Waals surface area contributed by atoms with Gasteiger partial charge in [0.2, 0.25) is 11.6 Å². The average Bonchev–Trinajstić information content (AvgIpc) is 3.13. The van der Waals surface area contributed by atoms with Crippen LogP contribution in [0.5, 0.6) is 0 Å². The van der Waals surface area contributed by atoms with Gasteiger partial charge >= 0.3 is 0 Å². The van der Waals surface area contributed by atoms with Crippen molar-refractivity contribution in [1.29, 1.82) is 0 Å². The van der Waals surface area contributed by atoms with Gasteiger partial charge in [0.25, 0.3) is 11.5 Å². The Balaban J connectivity index is 1.56. The minimum Gasteiger partial charge on any atom is -0.346 e. The van der Waals surface area contributed by atoms with Crippen LogP contribution in [-0.4, -0.2) is 32.2 Å². The molecule has 0 spiro atoms. The van der Waals surface area contributed by atoms with Gasteiger partial charge < -0.3 is 10.2 Å². The van der Waals surface area contributed by atoms with Crippen molar-refractivity contribution in [2.75, 3.05) is 11.4 Å². The SMILES string of the molecule is O=C(NCc1cccnc1)c1nnc2n(c1=O)CCN2c1ccc(F)cc1. The molecule has 0 atom stereocenters. The zero-order valence-corrected chi connectivity index (χ0v) is 14.2. The van der Waals surface area contributed by atoms with Crippen LogP contribution in [0.3, 0.4) is 0 Å². The first-order valence-corrected chi connectivity index (χ1v) is 8.31. The summed E-state index contributed by atoms with van der Waals surface area (Å²) in [5.41, 5.74) is 0.740. The second kappa shape index (κ2) is 6.94. The van der Waals surface area contributed by atoms with Crippen LogP contribution in [0.1, 0.15) is 16.1 Å². The summed E-state index contributed by atoms with van der Waals surface area (Å²) in [5, 5.41) is 10.5. The van der Waals surface area contributed by atoms with Gasteiger partial charge in [0.1, 0.15) is 5.82 Å². The molecule has 8 nitrogen and oxygen atoms in total. The Bertz CT molecular complexity index is 1040. The number of aromatic nitrogens is 4. The van der Waals surface area contributed by atoms with Crippen LogP contribution in [0.15, 0.2) is 53.6 Å². The van der Waals surface area contributed by atoms with E-state index in [2.05, 4.69) is 20.5 Å². The summed E-state index contributed by atoms with van der Waals surface area (Å²) in [6, 6.07) is 9.45. The van der Waals surface area contributed by atoms with Crippen molar-refractivity contribution >= 4 is 17.5 Å². The standard InChI is InChI=1S/C18H15FN6O2/c19-13-3-5-14(6-4-13)24-8-9-25-17(27)15(22-23-18(24)25)16(26)21-11-12-2-1-7-20-10-12/h1-7,10H,8-9,11H2,(H,21,26). The van der Waals surface area contributed by atoms with Gasteiger partial charge in [-0.25, -0.2) is 4.39 Å². The van der Waals surface area contributed by atoms with Crippen LogP contribution in [0.2, 0.25) is 0 Å². The van der Waals surface area contributed by atoms with E-state index in [-0.39, 0.29) is 18.1 Å². The molecule has 27 heavy (non-hydrogen) atoms. The molecule has 1 aliphatic rings. The van der Waals surface area contributed by atoms with Gasteiger partial charge in [0.15, 0.2) is 0 Å². The highest BCUT2D eigenvalue weighted by atomic mass is 19.1. The van der Waals surface area contributed by atoms with Crippen molar-refractivity contribution in [3.8, 4) is 0 Å². The highest BCUT2D eigenvalue weighted by Crippen LogP contribution is 2.26. The van der Waals surface area contributed by atoms with E-state index in [0.717, 1.165) is 5.56 Å². The smallest absolute Gasteiger partial charge is 0.286 e. The fourth-order valence-electron chi connectivity index (χ4n) is 2.89. The number of pyridine rings is 1. The van der Waals surface area contributed by atoms with E-state index in [1.807, 2.05) is 6.07 Å². The molecule has 1 aromatic carbocycles. The zero-order valence-electron chi connectivity index (χ0n) is 14.2. The lowest BCUT2D eigenvalue weighted by atomic mass is 10.3. The maximum atomic E-state index is 13.1. The van der Waals surface area contributed by atoms with Crippen molar-refractivity contribution < 1.29 is 9.18 Å². The third-order valence-corrected chi connectivity index (χ3v) is 4.25. The fourth-order valence-corrected chi connectivity index (χ4v) is 2.89. The van der Waals surface area contributed by atoms with Crippen LogP contribution < -0.4 is 15.8 Å². The first-order chi connectivity index (χ1) is 13.1. The third kappa shape index (κ3) is 3.26. The molecule has 0 aliphatic carbocycles. The lowest BCUT2D eigenvalue weighted by molar-refractivity contribution is 0.0942. The Morgan fingerprint density at radius 2 is 1.96 bits per heavy atom. The molecule has 1 N–H and O–H groups in total. The van der Waals surface area contributed by atoms with Gasteiger partial charge in [-0.05, 0) is 35.9 Å². The number of hydrogen-bond donors (Lipinski definition) is 1. The second-order valence-electron chi connectivity index (χ2n) is 5.98. The summed E-state index contributed by atoms with van der Waals surface area (Å²) >= 11 is 0. The molecule has 4 rings (SSSR count). The Labute approximate surface area is 153 Å². The molecular weight excluding hydrogens is 351 g/mol. The molecule has 0 saturated heterocycles. The molecule has 1 amide bonds. The minimum atomic E-state index is -0.591. The van der Waals surface area contributed by atoms with Crippen LogP contribution >= 0.6 is 0 Å². The molecule has 0 saturated carbocycles. The van der Waals surface area contributed by atoms with Crippen LogP contribution in [0.25, 0.3) is 0 Å². The maximum absolute atomic E-state index is 13.1. The second-order valence-corrected chi connectivity index (χ2v) is 5.98. The number of hydrogen-bond acceptors (Lipinski definition) is 6. The third-order valence-electron chi connectivity index (χ3n) is 4.25. The number of nitrogens with one attached hydrogen (secondary N) is 1. The number of carbonyl (C=O) groups is 1. The predicted octanol–water partition coefficient (Wildman–Crippen LogP) is 1.25. The van der Waals surface area contributed by atoms with Crippen molar-refractivity contribution in [3.63, 3.8) is 0 Å². The monoisotopic (exact) mass is 366 g/mol. The van der Waals surface area contributed by atoms with Gasteiger partial charge in [-0.2, -0.15) is 0 Å². The van der Waals surface area contributed by atoms with E-state index in [4.69, 9.17) is 0 Å². The minimum absolute atomic E-state index is 0.233. The normalized spacial score (nSPS) is 12.7. The average molecular weight is 366 g/mol. The Morgan fingerprint density at radius 1 is 1.15 bits per heavy atom. The fraction of sp³-hybridized carbons (Fsp3) is 0.167. The number of amides is 1. The number of carbonyl (C=O) groups excluding carboxylic acids is 1. The number of halogens is 1. The molecule has 3 heterocycles. The van der Waals surface area contributed by atoms with Crippen LogP contribution in [0, 0.1) is 5.82 Å². The molecular formula is C18H15FN6O2. The van der Waals surface area contributed by atoms with Crippen molar-refractivity contribution in [2.45, 2.75) is 13.1 Å². The summed E-state index contributed by atoms with van der Waals surface area (Å²) < 4.78 is 14.5. The lowest BCUT2D eigenvalue weighted by Crippen LogP contribution is -2.34. The number of nitrogens with zero attached hydrogens (tertiary/aromatic N) is 5. The number of benzene rings is 1. The van der Waals surface area contributed by atoms with Crippen LogP contribution in [0.4, 0.5) is 16.0 Å². The summed E-state index contributed by atoms with van der Waals surface area (Å²) in [4.78, 5) is 30.7. The van der Waals surface area contributed by atoms with Gasteiger partial charge in [-0.15, -0.1) is 10.2 Å². The Morgan fingerprint density at radius 3 is 2.70 bits per heavy atom. The molecule has 136 valence electrons. The van der Waals surface area contributed by atoms with E-state index in [1.54, 1.807) is 35.5 Å². The highest BCUT2D eigenvalue weighted by Gasteiger charge is 2.27. The number of rotatable bonds is 4. The quantitative estimate of drug-likeness (QED) is 0.747. The summed E-state index contributed by atoms with van der Waals surface area (Å²) in [6.07, 6.45) is 3.26. The molecule has 9 heteroatoms. The maximum Gasteiger partial charge on any atom is 0.286 e. The molecule has 0 bridgehead atoms. The van der Waals surface area contributed by atoms with Crippen molar-refractivity contribution in [2.24, 2.45) is 0 Å². The molecule has 3 aromatic rings. The molecule has 0 radical (unpaired) electrons. The van der Waals surface area contributed by atoms with E-state index in [1.165, 1.54) is 16.7 Å². The van der Waals surface area contributed by atoms with Crippen molar-refractivity contribution in [1.82, 2.24) is 25.1 Å². The lowest BCUT2D eigenvalue weighted by Gasteiger charge is -2.16. The molecule has 2 aromatic heterocycles. The van der Waals surface area contributed by atoms with Gasteiger partial charge in [-0.1, -0.05) is 6.07 Å². The topological polar surface area (TPSA) is 93.0 Å². The first-order valence-electron chi connectivity index (χ1n) is 8.31. The largest absolute Gasteiger partial charge is 0.346 e. The highest BCUT2D eigenvalue weighted by molar-refractivity contribution is 5.91. The van der Waals surface area contributed by atoms with E-state index >= 15 is 0 Å². The van der Waals surface area contributed by atoms with Crippen molar-refractivity contribution in [3.05, 3.63) is 76.2 Å². The molecule has 0 unspecified atom stereocenters. The van der Waals surface area contributed by atoms with E-state index in [9.17, 15) is 14.0 Å². The molecule has 1 aliphatic heterocycles. The number of anilines is 2. The Hall–Kier alpha value is -3.62. The number of fused-ring (bicyclic) bond motifs is 1. The summed E-state index contributed by atoms with van der Waals surface area (Å²) in [7, 11) is 0. The predicted molar refractivity (Wildman–Crippen MR) is 95.1 cm³/mol. The van der Waals surface area contributed by atoms with Gasteiger partial charge in [0.05, 0.1) is 0 Å². The van der Waals surface area contributed by atoms with Gasteiger partial charge in [-0.3, -0.25) is 19.1 Å². The molecule has 0 fully saturated rings. The van der Waals surface area contributed by atoms with Crippen LogP contribution in [-0.2, 0) is 13.1 Å². The summed E-state index contributed by atoms with van der Waals surface area (Å²) in [6.45, 7) is 1.08. The van der Waals surface area contributed by atoms with E-state index < -0.39 is 11.5 Å². The summed E-state index contributed by atoms with van der Waals surface area (Å²) in [5.74, 6) is -0.607.